The molecule has 1 aromatic heterocycles. The number of nitrogens with zero attached hydrogens (tertiary/aromatic N) is 3. The van der Waals surface area contributed by atoms with Crippen LogP contribution < -0.4 is 10.2 Å². The lowest BCUT2D eigenvalue weighted by molar-refractivity contribution is -0.138. The number of benzene rings is 1. The van der Waals surface area contributed by atoms with Crippen molar-refractivity contribution in [2.75, 3.05) is 16.8 Å². The molecule has 6 nitrogen and oxygen atoms in total. The van der Waals surface area contributed by atoms with Crippen molar-refractivity contribution in [1.29, 1.82) is 0 Å². The Bertz CT molecular complexity index is 884. The van der Waals surface area contributed by atoms with Crippen molar-refractivity contribution in [3.8, 4) is 0 Å². The third kappa shape index (κ3) is 4.86. The summed E-state index contributed by atoms with van der Waals surface area (Å²) in [5.41, 5.74) is 0.451. The monoisotopic (exact) mass is 408 g/mol. The fourth-order valence-corrected chi connectivity index (χ4v) is 3.27. The molecule has 1 aliphatic heterocycles. The number of allylic oxidation sites excluding steroid dienone is 1. The van der Waals surface area contributed by atoms with E-state index in [2.05, 4.69) is 15.3 Å². The van der Waals surface area contributed by atoms with Crippen molar-refractivity contribution in [3.05, 3.63) is 59.3 Å². The number of ether oxygens (including phenoxy) is 1. The first-order valence-electron chi connectivity index (χ1n) is 9.15. The van der Waals surface area contributed by atoms with Gasteiger partial charge in [-0.15, -0.1) is 0 Å². The second-order valence-corrected chi connectivity index (χ2v) is 7.07. The van der Waals surface area contributed by atoms with Gasteiger partial charge in [0.1, 0.15) is 5.82 Å². The number of hydrogen-bond acceptors (Lipinski definition) is 6. The molecule has 2 N–H and O–H groups in total. The smallest absolute Gasteiger partial charge is 0.351 e. The minimum absolute atomic E-state index is 0.0981. The fourth-order valence-electron chi connectivity index (χ4n) is 3.27. The molecule has 1 fully saturated rings. The Morgan fingerprint density at radius 1 is 1.31 bits per heavy atom. The van der Waals surface area contributed by atoms with Crippen LogP contribution in [0.15, 0.2) is 48.2 Å². The van der Waals surface area contributed by atoms with Crippen LogP contribution in [0.4, 0.5) is 24.9 Å². The normalized spacial score (nSPS) is 20.4. The molecular weight excluding hydrogens is 385 g/mol. The molecule has 3 atom stereocenters. The number of rotatable bonds is 5. The number of anilines is 2. The molecule has 29 heavy (non-hydrogen) atoms. The molecule has 9 heteroatoms. The van der Waals surface area contributed by atoms with E-state index in [0.29, 0.717) is 12.4 Å². The van der Waals surface area contributed by atoms with E-state index in [-0.39, 0.29) is 17.6 Å². The molecule has 0 radical (unpaired) electrons. The lowest BCUT2D eigenvalue weighted by atomic mass is 10.0. The summed E-state index contributed by atoms with van der Waals surface area (Å²) in [5, 5.41) is 13.1. The average molecular weight is 408 g/mol. The molecule has 1 unspecified atom stereocenters. The molecule has 1 aromatic carbocycles. The van der Waals surface area contributed by atoms with E-state index in [0.717, 1.165) is 11.6 Å². The molecule has 0 bridgehead atoms. The lowest BCUT2D eigenvalue weighted by Crippen LogP contribution is -2.36. The summed E-state index contributed by atoms with van der Waals surface area (Å²) in [6, 6.07) is 6.11. The molecule has 156 valence electrons. The van der Waals surface area contributed by atoms with E-state index in [1.165, 1.54) is 18.3 Å². The number of hydrogen-bond donors (Lipinski definition) is 2. The SMILES string of the molecule is CC(C)=C[C@H]1COC(O)N1c1ccnc(N[C@@H](C)c2ccccc2C(F)(F)F)n1. The lowest BCUT2D eigenvalue weighted by Gasteiger charge is -2.25. The van der Waals surface area contributed by atoms with Crippen LogP contribution in [0.25, 0.3) is 0 Å². The Balaban J connectivity index is 1.85. The molecule has 2 aromatic rings. The van der Waals surface area contributed by atoms with Gasteiger partial charge in [-0.2, -0.15) is 18.2 Å². The topological polar surface area (TPSA) is 70.5 Å². The Kier molecular flexibility index (Phi) is 6.09. The van der Waals surface area contributed by atoms with E-state index < -0.39 is 24.2 Å². The Hall–Kier alpha value is -2.65. The second-order valence-electron chi connectivity index (χ2n) is 7.07. The second kappa shape index (κ2) is 8.38. The van der Waals surface area contributed by atoms with E-state index in [4.69, 9.17) is 4.74 Å². The zero-order valence-corrected chi connectivity index (χ0v) is 16.3. The minimum atomic E-state index is -4.45. The highest BCUT2D eigenvalue weighted by Gasteiger charge is 2.35. The van der Waals surface area contributed by atoms with Crippen molar-refractivity contribution in [2.45, 2.75) is 45.4 Å². The van der Waals surface area contributed by atoms with Crippen molar-refractivity contribution in [3.63, 3.8) is 0 Å². The number of nitrogens with one attached hydrogen (secondary N) is 1. The van der Waals surface area contributed by atoms with Crippen LogP contribution in [0.2, 0.25) is 0 Å². The zero-order chi connectivity index (χ0) is 21.2. The van der Waals surface area contributed by atoms with Gasteiger partial charge in [-0.3, -0.25) is 4.90 Å². The van der Waals surface area contributed by atoms with Gasteiger partial charge >= 0.3 is 6.18 Å². The molecule has 1 aliphatic rings. The zero-order valence-electron chi connectivity index (χ0n) is 16.3. The quantitative estimate of drug-likeness (QED) is 0.726. The Morgan fingerprint density at radius 3 is 2.72 bits per heavy atom. The van der Waals surface area contributed by atoms with E-state index in [1.807, 2.05) is 19.9 Å². The van der Waals surface area contributed by atoms with Gasteiger partial charge in [0.15, 0.2) is 0 Å². The van der Waals surface area contributed by atoms with Crippen LogP contribution in [0.5, 0.6) is 0 Å². The number of aliphatic hydroxyl groups is 1. The largest absolute Gasteiger partial charge is 0.416 e. The molecule has 0 saturated carbocycles. The average Bonchev–Trinajstić information content (AvgIpc) is 3.00. The molecular formula is C20H23F3N4O2. The summed E-state index contributed by atoms with van der Waals surface area (Å²) in [6.45, 7) is 5.79. The van der Waals surface area contributed by atoms with Gasteiger partial charge in [-0.25, -0.2) is 4.98 Å². The molecule has 2 heterocycles. The summed E-state index contributed by atoms with van der Waals surface area (Å²) >= 11 is 0. The molecule has 3 rings (SSSR count). The maximum absolute atomic E-state index is 13.3. The summed E-state index contributed by atoms with van der Waals surface area (Å²) in [4.78, 5) is 10.1. The highest BCUT2D eigenvalue weighted by atomic mass is 19.4. The van der Waals surface area contributed by atoms with Crippen LogP contribution in [0, 0.1) is 0 Å². The van der Waals surface area contributed by atoms with Gasteiger partial charge in [-0.05, 0) is 38.5 Å². The van der Waals surface area contributed by atoms with Gasteiger partial charge < -0.3 is 15.2 Å². The van der Waals surface area contributed by atoms with Crippen LogP contribution >= 0.6 is 0 Å². The van der Waals surface area contributed by atoms with Gasteiger partial charge in [0, 0.05) is 6.20 Å². The van der Waals surface area contributed by atoms with Crippen LogP contribution in [-0.4, -0.2) is 34.1 Å². The van der Waals surface area contributed by atoms with Crippen LogP contribution in [-0.2, 0) is 10.9 Å². The highest BCUT2D eigenvalue weighted by molar-refractivity contribution is 5.47. The number of alkyl halides is 3. The van der Waals surface area contributed by atoms with Gasteiger partial charge in [-0.1, -0.05) is 29.8 Å². The Morgan fingerprint density at radius 2 is 2.03 bits per heavy atom. The first-order chi connectivity index (χ1) is 13.7. The van der Waals surface area contributed by atoms with E-state index in [1.54, 1.807) is 24.0 Å². The van der Waals surface area contributed by atoms with Crippen molar-refractivity contribution < 1.29 is 23.0 Å². The fraction of sp³-hybridized carbons (Fsp3) is 0.400. The summed E-state index contributed by atoms with van der Waals surface area (Å²) in [6.07, 6.45) is -2.18. The Labute approximate surface area is 167 Å². The van der Waals surface area contributed by atoms with E-state index >= 15 is 0 Å². The molecule has 1 saturated heterocycles. The molecule has 0 amide bonds. The minimum Gasteiger partial charge on any atom is -0.351 e. The third-order valence-corrected chi connectivity index (χ3v) is 4.52. The number of aromatic nitrogens is 2. The van der Waals surface area contributed by atoms with Gasteiger partial charge in [0.2, 0.25) is 12.4 Å². The maximum atomic E-state index is 13.3. The summed E-state index contributed by atoms with van der Waals surface area (Å²) in [7, 11) is 0. The first kappa shape index (κ1) is 21.1. The van der Waals surface area contributed by atoms with Crippen LogP contribution in [0.3, 0.4) is 0 Å². The van der Waals surface area contributed by atoms with Crippen LogP contribution in [0.1, 0.15) is 37.9 Å². The van der Waals surface area contributed by atoms with Gasteiger partial charge in [0.25, 0.3) is 0 Å². The van der Waals surface area contributed by atoms with Gasteiger partial charge in [0.05, 0.1) is 24.3 Å². The molecule has 0 spiro atoms. The van der Waals surface area contributed by atoms with E-state index in [9.17, 15) is 18.3 Å². The standard InChI is InChI=1S/C20H23F3N4O2/c1-12(2)10-14-11-29-19(28)27(14)17-8-9-24-18(26-17)25-13(3)15-6-4-5-7-16(15)20(21,22)23/h4-10,13-14,19,28H,11H2,1-3H3,(H,24,25,26)/t13-,14-,19?/m0/s1. The third-order valence-electron chi connectivity index (χ3n) is 4.52. The summed E-state index contributed by atoms with van der Waals surface area (Å²) < 4.78 is 45.2. The van der Waals surface area contributed by atoms with Crippen molar-refractivity contribution >= 4 is 11.8 Å². The summed E-state index contributed by atoms with van der Waals surface area (Å²) in [5.74, 6) is 0.563. The maximum Gasteiger partial charge on any atom is 0.416 e. The number of halogens is 3. The predicted molar refractivity (Wildman–Crippen MR) is 103 cm³/mol. The predicted octanol–water partition coefficient (Wildman–Crippen LogP) is 4.12. The van der Waals surface area contributed by atoms with Crippen molar-refractivity contribution in [2.24, 2.45) is 0 Å². The molecule has 0 aliphatic carbocycles. The number of aliphatic hydroxyl groups excluding tert-OH is 1. The first-order valence-corrected chi connectivity index (χ1v) is 9.15. The van der Waals surface area contributed by atoms with Crippen molar-refractivity contribution in [1.82, 2.24) is 9.97 Å². The highest BCUT2D eigenvalue weighted by Crippen LogP contribution is 2.35.